The van der Waals surface area contributed by atoms with Crippen LogP contribution >= 0.6 is 11.8 Å². The highest BCUT2D eigenvalue weighted by Gasteiger charge is 2.16. The number of nitrogens with one attached hydrogen (secondary N) is 2. The molecular weight excluding hydrogens is 388 g/mol. The van der Waals surface area contributed by atoms with Crippen molar-refractivity contribution < 1.29 is 19.1 Å². The zero-order valence-electron chi connectivity index (χ0n) is 17.2. The standard InChI is InChI=1S/C22H28N2O4S/c1-15(2)12-13-28-19-11-10-17(14-20(19)27-4)22(26)24-23-21(25)16(3)29-18-8-6-5-7-9-18/h5-11,14-16H,12-13H2,1-4H3,(H,23,25)(H,24,26). The smallest absolute Gasteiger partial charge is 0.269 e. The van der Waals surface area contributed by atoms with Crippen LogP contribution < -0.4 is 20.3 Å². The molecule has 0 spiro atoms. The van der Waals surface area contributed by atoms with E-state index in [1.54, 1.807) is 25.1 Å². The molecule has 0 fully saturated rings. The van der Waals surface area contributed by atoms with Gasteiger partial charge in [-0.15, -0.1) is 11.8 Å². The fourth-order valence-electron chi connectivity index (χ4n) is 2.38. The van der Waals surface area contributed by atoms with Crippen LogP contribution in [0.25, 0.3) is 0 Å². The van der Waals surface area contributed by atoms with Gasteiger partial charge in [0.15, 0.2) is 11.5 Å². The minimum absolute atomic E-state index is 0.284. The van der Waals surface area contributed by atoms with Gasteiger partial charge in [0.25, 0.3) is 11.8 Å². The van der Waals surface area contributed by atoms with Gasteiger partial charge in [-0.3, -0.25) is 20.4 Å². The van der Waals surface area contributed by atoms with Gasteiger partial charge in [-0.25, -0.2) is 0 Å². The van der Waals surface area contributed by atoms with Crippen molar-refractivity contribution in [1.82, 2.24) is 10.9 Å². The minimum Gasteiger partial charge on any atom is -0.493 e. The highest BCUT2D eigenvalue weighted by Crippen LogP contribution is 2.28. The molecule has 6 nitrogen and oxygen atoms in total. The van der Waals surface area contributed by atoms with Crippen molar-refractivity contribution in [1.29, 1.82) is 0 Å². The van der Waals surface area contributed by atoms with Crippen molar-refractivity contribution in [3.63, 3.8) is 0 Å². The van der Waals surface area contributed by atoms with Crippen LogP contribution in [0.15, 0.2) is 53.4 Å². The molecule has 2 amide bonds. The monoisotopic (exact) mass is 416 g/mol. The average Bonchev–Trinajstić information content (AvgIpc) is 2.72. The number of hydrazine groups is 1. The second-order valence-electron chi connectivity index (χ2n) is 6.91. The maximum absolute atomic E-state index is 12.4. The van der Waals surface area contributed by atoms with Gasteiger partial charge >= 0.3 is 0 Å². The third kappa shape index (κ3) is 7.34. The maximum Gasteiger partial charge on any atom is 0.269 e. The number of methoxy groups -OCH3 is 1. The van der Waals surface area contributed by atoms with Gasteiger partial charge in [0.2, 0.25) is 0 Å². The minimum atomic E-state index is -0.428. The Kier molecular flexibility index (Phi) is 8.86. The van der Waals surface area contributed by atoms with Gasteiger partial charge in [-0.2, -0.15) is 0 Å². The average molecular weight is 417 g/mol. The first kappa shape index (κ1) is 22.6. The summed E-state index contributed by atoms with van der Waals surface area (Å²) >= 11 is 1.42. The SMILES string of the molecule is COc1cc(C(=O)NNC(=O)C(C)Sc2ccccc2)ccc1OCCC(C)C. The maximum atomic E-state index is 12.4. The van der Waals surface area contributed by atoms with E-state index in [0.717, 1.165) is 11.3 Å². The Bertz CT molecular complexity index is 812. The lowest BCUT2D eigenvalue weighted by atomic mass is 10.1. The molecule has 2 aromatic carbocycles. The van der Waals surface area contributed by atoms with Crippen LogP contribution in [-0.4, -0.2) is 30.8 Å². The summed E-state index contributed by atoms with van der Waals surface area (Å²) in [5, 5.41) is -0.357. The Morgan fingerprint density at radius 1 is 1.00 bits per heavy atom. The molecule has 1 atom stereocenters. The molecule has 1 unspecified atom stereocenters. The number of hydrogen-bond acceptors (Lipinski definition) is 5. The highest BCUT2D eigenvalue weighted by atomic mass is 32.2. The van der Waals surface area contributed by atoms with Gasteiger partial charge in [0.05, 0.1) is 19.0 Å². The summed E-state index contributed by atoms with van der Waals surface area (Å²) in [4.78, 5) is 25.6. The first-order valence-corrected chi connectivity index (χ1v) is 10.4. The molecule has 156 valence electrons. The molecule has 0 saturated heterocycles. The van der Waals surface area contributed by atoms with E-state index in [1.807, 2.05) is 30.3 Å². The van der Waals surface area contributed by atoms with Crippen molar-refractivity contribution in [3.8, 4) is 11.5 Å². The molecule has 0 aromatic heterocycles. The Labute approximate surface area is 176 Å². The number of ether oxygens (including phenoxy) is 2. The molecular formula is C22H28N2O4S. The molecule has 29 heavy (non-hydrogen) atoms. The van der Waals surface area contributed by atoms with E-state index >= 15 is 0 Å². The molecule has 2 aromatic rings. The third-order valence-corrected chi connectivity index (χ3v) is 5.22. The molecule has 7 heteroatoms. The summed E-state index contributed by atoms with van der Waals surface area (Å²) in [5.41, 5.74) is 5.28. The van der Waals surface area contributed by atoms with E-state index in [4.69, 9.17) is 9.47 Å². The van der Waals surface area contributed by atoms with Gasteiger partial charge < -0.3 is 9.47 Å². The molecule has 0 heterocycles. The molecule has 0 aliphatic carbocycles. The molecule has 0 saturated carbocycles. The van der Waals surface area contributed by atoms with E-state index in [9.17, 15) is 9.59 Å². The lowest BCUT2D eigenvalue weighted by Gasteiger charge is -2.14. The van der Waals surface area contributed by atoms with Crippen LogP contribution in [0.2, 0.25) is 0 Å². The predicted octanol–water partition coefficient (Wildman–Crippen LogP) is 4.06. The fraction of sp³-hybridized carbons (Fsp3) is 0.364. The Morgan fingerprint density at radius 2 is 1.72 bits per heavy atom. The fourth-order valence-corrected chi connectivity index (χ4v) is 3.27. The van der Waals surface area contributed by atoms with E-state index in [2.05, 4.69) is 24.7 Å². The number of benzene rings is 2. The highest BCUT2D eigenvalue weighted by molar-refractivity contribution is 8.00. The molecule has 0 bridgehead atoms. The van der Waals surface area contributed by atoms with Crippen molar-refractivity contribution in [2.24, 2.45) is 5.92 Å². The topological polar surface area (TPSA) is 76.7 Å². The summed E-state index contributed by atoms with van der Waals surface area (Å²) < 4.78 is 11.1. The lowest BCUT2D eigenvalue weighted by molar-refractivity contribution is -0.121. The van der Waals surface area contributed by atoms with Gasteiger partial charge in [0, 0.05) is 10.5 Å². The molecule has 2 N–H and O–H groups in total. The van der Waals surface area contributed by atoms with Gasteiger partial charge in [0.1, 0.15) is 0 Å². The Balaban J connectivity index is 1.90. The third-order valence-electron chi connectivity index (χ3n) is 4.10. The molecule has 0 aliphatic rings. The second kappa shape index (κ2) is 11.4. The number of thioether (sulfide) groups is 1. The molecule has 0 aliphatic heterocycles. The van der Waals surface area contributed by atoms with E-state index in [1.165, 1.54) is 18.9 Å². The van der Waals surface area contributed by atoms with Crippen molar-refractivity contribution >= 4 is 23.6 Å². The van der Waals surface area contributed by atoms with E-state index in [-0.39, 0.29) is 11.2 Å². The van der Waals surface area contributed by atoms with Crippen LogP contribution in [0.1, 0.15) is 37.6 Å². The first-order valence-electron chi connectivity index (χ1n) is 9.53. The lowest BCUT2D eigenvalue weighted by Crippen LogP contribution is -2.44. The van der Waals surface area contributed by atoms with Crippen LogP contribution in [0, 0.1) is 5.92 Å². The molecule has 0 radical (unpaired) electrons. The van der Waals surface area contributed by atoms with Crippen LogP contribution in [0.4, 0.5) is 0 Å². The Morgan fingerprint density at radius 3 is 2.38 bits per heavy atom. The van der Waals surface area contributed by atoms with Gasteiger partial charge in [-0.1, -0.05) is 32.0 Å². The summed E-state index contributed by atoms with van der Waals surface area (Å²) in [6, 6.07) is 14.5. The van der Waals surface area contributed by atoms with Crippen LogP contribution in [0.5, 0.6) is 11.5 Å². The summed E-state index contributed by atoms with van der Waals surface area (Å²) in [5.74, 6) is 0.884. The number of hydrogen-bond donors (Lipinski definition) is 2. The summed E-state index contributed by atoms with van der Waals surface area (Å²) in [6.07, 6.45) is 0.927. The number of amides is 2. The van der Waals surface area contributed by atoms with Crippen molar-refractivity contribution in [2.75, 3.05) is 13.7 Å². The Hall–Kier alpha value is -2.67. The summed E-state index contributed by atoms with van der Waals surface area (Å²) in [7, 11) is 1.52. The number of rotatable bonds is 9. The first-order chi connectivity index (χ1) is 13.9. The number of carbonyl (C=O) groups excluding carboxylic acids is 2. The zero-order chi connectivity index (χ0) is 21.2. The quantitative estimate of drug-likeness (QED) is 0.476. The van der Waals surface area contributed by atoms with Crippen LogP contribution in [-0.2, 0) is 4.79 Å². The molecule has 2 rings (SSSR count). The number of carbonyl (C=O) groups is 2. The second-order valence-corrected chi connectivity index (χ2v) is 8.33. The largest absolute Gasteiger partial charge is 0.493 e. The van der Waals surface area contributed by atoms with Gasteiger partial charge in [-0.05, 0) is 49.6 Å². The zero-order valence-corrected chi connectivity index (χ0v) is 18.0. The summed E-state index contributed by atoms with van der Waals surface area (Å²) in [6.45, 7) is 6.61. The normalized spacial score (nSPS) is 11.6. The predicted molar refractivity (Wildman–Crippen MR) is 115 cm³/mol. The van der Waals surface area contributed by atoms with Crippen LogP contribution in [0.3, 0.4) is 0 Å². The van der Waals surface area contributed by atoms with Crippen molar-refractivity contribution in [2.45, 2.75) is 37.3 Å². The van der Waals surface area contributed by atoms with E-state index in [0.29, 0.717) is 29.6 Å². The van der Waals surface area contributed by atoms with Crippen molar-refractivity contribution in [3.05, 3.63) is 54.1 Å². The van der Waals surface area contributed by atoms with E-state index < -0.39 is 5.91 Å².